The first-order valence-electron chi connectivity index (χ1n) is 7.43. The Morgan fingerprint density at radius 2 is 2.00 bits per heavy atom. The van der Waals surface area contributed by atoms with Gasteiger partial charge in [0.05, 0.1) is 19.4 Å². The highest BCUT2D eigenvalue weighted by atomic mass is 35.5. The van der Waals surface area contributed by atoms with Gasteiger partial charge in [0.2, 0.25) is 0 Å². The number of halogens is 1. The van der Waals surface area contributed by atoms with Gasteiger partial charge in [0.25, 0.3) is 5.91 Å². The number of fused-ring (bicyclic) bond motifs is 1. The first-order valence-corrected chi connectivity index (χ1v) is 10.8. The lowest BCUT2D eigenvalue weighted by molar-refractivity contribution is 0.100. The van der Waals surface area contributed by atoms with E-state index in [0.717, 1.165) is 27.3 Å². The van der Waals surface area contributed by atoms with Crippen molar-refractivity contribution >= 4 is 62.2 Å². The Morgan fingerprint density at radius 1 is 1.25 bits per heavy atom. The lowest BCUT2D eigenvalue weighted by Crippen LogP contribution is -2.18. The Balaban J connectivity index is 2.14. The van der Waals surface area contributed by atoms with E-state index < -0.39 is 0 Å². The predicted octanol–water partition coefficient (Wildman–Crippen LogP) is 5.14. The first-order chi connectivity index (χ1) is 11.5. The van der Waals surface area contributed by atoms with Gasteiger partial charge < -0.3 is 4.57 Å². The van der Waals surface area contributed by atoms with Gasteiger partial charge in [-0.15, -0.1) is 11.3 Å². The van der Waals surface area contributed by atoms with Crippen LogP contribution in [0.25, 0.3) is 10.2 Å². The number of thiophene rings is 1. The number of carbonyl (C=O) groups is 1. The minimum atomic E-state index is -0.232. The second-order valence-electron chi connectivity index (χ2n) is 5.45. The van der Waals surface area contributed by atoms with Crippen LogP contribution >= 0.6 is 46.0 Å². The van der Waals surface area contributed by atoms with Crippen LogP contribution in [0.15, 0.2) is 29.3 Å². The van der Waals surface area contributed by atoms with Gasteiger partial charge >= 0.3 is 0 Å². The number of aromatic nitrogens is 1. The molecule has 0 N–H and O–H groups in total. The molecule has 0 spiro atoms. The number of aryl methyl sites for hydroxylation is 3. The highest BCUT2D eigenvalue weighted by Gasteiger charge is 2.12. The second kappa shape index (κ2) is 7.44. The van der Waals surface area contributed by atoms with Crippen LogP contribution < -0.4 is 4.80 Å². The topological polar surface area (TPSA) is 34.4 Å². The van der Waals surface area contributed by atoms with Crippen LogP contribution in [0.4, 0.5) is 0 Å². The number of thiazole rings is 1. The van der Waals surface area contributed by atoms with E-state index in [0.29, 0.717) is 9.21 Å². The van der Waals surface area contributed by atoms with Gasteiger partial charge in [-0.2, -0.15) is 16.8 Å². The summed E-state index contributed by atoms with van der Waals surface area (Å²) in [4.78, 5) is 18.1. The summed E-state index contributed by atoms with van der Waals surface area (Å²) in [5, 5.41) is 0. The Bertz CT molecular complexity index is 968. The van der Waals surface area contributed by atoms with Crippen molar-refractivity contribution in [3.8, 4) is 0 Å². The van der Waals surface area contributed by atoms with Gasteiger partial charge in [-0.1, -0.05) is 22.9 Å². The second-order valence-corrected chi connectivity index (χ2v) is 9.16. The Kier molecular flexibility index (Phi) is 5.49. The quantitative estimate of drug-likeness (QED) is 0.612. The molecule has 3 rings (SSSR count). The zero-order chi connectivity index (χ0) is 17.3. The van der Waals surface area contributed by atoms with Crippen LogP contribution in [-0.4, -0.2) is 22.5 Å². The summed E-state index contributed by atoms with van der Waals surface area (Å²) in [6, 6.07) is 7.82. The summed E-state index contributed by atoms with van der Waals surface area (Å²) < 4.78 is 3.91. The van der Waals surface area contributed by atoms with Gasteiger partial charge in [0.15, 0.2) is 4.80 Å². The van der Waals surface area contributed by atoms with Crippen molar-refractivity contribution in [3.63, 3.8) is 0 Å². The maximum atomic E-state index is 12.4. The number of hydrogen-bond acceptors (Lipinski definition) is 4. The van der Waals surface area contributed by atoms with Crippen molar-refractivity contribution in [2.24, 2.45) is 4.99 Å². The molecule has 0 radical (unpaired) electrons. The molecule has 0 unspecified atom stereocenters. The average Bonchev–Trinajstić information content (AvgIpc) is 3.10. The molecule has 2 aromatic heterocycles. The minimum absolute atomic E-state index is 0.232. The van der Waals surface area contributed by atoms with Gasteiger partial charge in [-0.25, -0.2) is 0 Å². The molecule has 0 fully saturated rings. The third-order valence-corrected chi connectivity index (χ3v) is 6.65. The van der Waals surface area contributed by atoms with Crippen LogP contribution in [0.1, 0.15) is 20.8 Å². The molecule has 1 aromatic carbocycles. The molecule has 24 heavy (non-hydrogen) atoms. The SMILES string of the molecule is CSCCn1c(=NC(=O)c2ccc(Cl)s2)sc2cc(C)c(C)cc21. The van der Waals surface area contributed by atoms with Crippen molar-refractivity contribution in [3.05, 3.63) is 49.4 Å². The molecule has 0 saturated heterocycles. The van der Waals surface area contributed by atoms with Crippen molar-refractivity contribution < 1.29 is 4.79 Å². The van der Waals surface area contributed by atoms with E-state index in [-0.39, 0.29) is 5.91 Å². The van der Waals surface area contributed by atoms with E-state index in [1.807, 2.05) is 0 Å². The summed E-state index contributed by atoms with van der Waals surface area (Å²) in [5.74, 6) is 0.745. The van der Waals surface area contributed by atoms with Crippen LogP contribution in [0.3, 0.4) is 0 Å². The molecule has 2 heterocycles. The molecule has 0 saturated carbocycles. The van der Waals surface area contributed by atoms with Crippen LogP contribution in [0.5, 0.6) is 0 Å². The largest absolute Gasteiger partial charge is 0.315 e. The van der Waals surface area contributed by atoms with E-state index in [1.54, 1.807) is 35.2 Å². The van der Waals surface area contributed by atoms with Crippen molar-refractivity contribution in [1.29, 1.82) is 0 Å². The normalized spacial score (nSPS) is 12.2. The van der Waals surface area contributed by atoms with E-state index in [2.05, 4.69) is 41.8 Å². The third-order valence-electron chi connectivity index (χ3n) is 3.80. The molecule has 7 heteroatoms. The van der Waals surface area contributed by atoms with E-state index in [9.17, 15) is 4.79 Å². The smallest absolute Gasteiger partial charge is 0.289 e. The Labute approximate surface area is 158 Å². The summed E-state index contributed by atoms with van der Waals surface area (Å²) in [5.41, 5.74) is 3.65. The van der Waals surface area contributed by atoms with Crippen LogP contribution in [0, 0.1) is 13.8 Å². The molecule has 126 valence electrons. The van der Waals surface area contributed by atoms with Crippen LogP contribution in [-0.2, 0) is 6.54 Å². The monoisotopic (exact) mass is 396 g/mol. The molecule has 0 aliphatic heterocycles. The fraction of sp³-hybridized carbons (Fsp3) is 0.294. The zero-order valence-corrected chi connectivity index (χ0v) is 16.8. The Morgan fingerprint density at radius 3 is 2.67 bits per heavy atom. The number of thioether (sulfide) groups is 1. The predicted molar refractivity (Wildman–Crippen MR) is 107 cm³/mol. The third kappa shape index (κ3) is 3.61. The summed E-state index contributed by atoms with van der Waals surface area (Å²) in [6.45, 7) is 5.05. The first kappa shape index (κ1) is 17.7. The molecule has 0 bridgehead atoms. The minimum Gasteiger partial charge on any atom is -0.315 e. The van der Waals surface area contributed by atoms with Crippen molar-refractivity contribution in [1.82, 2.24) is 4.57 Å². The number of carbonyl (C=O) groups excluding carboxylic acids is 1. The molecule has 3 aromatic rings. The zero-order valence-electron chi connectivity index (χ0n) is 13.6. The standard InChI is InChI=1S/C17H17ClN2OS3/c1-10-8-12-14(9-11(10)2)24-17(20(12)6-7-22-3)19-16(21)13-4-5-15(18)23-13/h4-5,8-9H,6-7H2,1-3H3. The number of amides is 1. The molecule has 3 nitrogen and oxygen atoms in total. The molecule has 0 atom stereocenters. The van der Waals surface area contributed by atoms with E-state index in [1.165, 1.54) is 22.5 Å². The van der Waals surface area contributed by atoms with Gasteiger partial charge in [0, 0.05) is 12.3 Å². The summed E-state index contributed by atoms with van der Waals surface area (Å²) in [7, 11) is 0. The van der Waals surface area contributed by atoms with Crippen molar-refractivity contribution in [2.75, 3.05) is 12.0 Å². The maximum absolute atomic E-state index is 12.4. The number of nitrogens with zero attached hydrogens (tertiary/aromatic N) is 2. The van der Waals surface area contributed by atoms with Gasteiger partial charge in [0.1, 0.15) is 0 Å². The van der Waals surface area contributed by atoms with Crippen molar-refractivity contribution in [2.45, 2.75) is 20.4 Å². The Hall–Kier alpha value is -1.08. The number of hydrogen-bond donors (Lipinski definition) is 0. The fourth-order valence-corrected chi connectivity index (χ4v) is 4.80. The lowest BCUT2D eigenvalue weighted by atomic mass is 10.1. The summed E-state index contributed by atoms with van der Waals surface area (Å²) in [6.07, 6.45) is 2.08. The van der Waals surface area contributed by atoms with E-state index >= 15 is 0 Å². The molecular formula is C17H17ClN2OS3. The highest BCUT2D eigenvalue weighted by molar-refractivity contribution is 7.98. The number of rotatable bonds is 4. The average molecular weight is 397 g/mol. The maximum Gasteiger partial charge on any atom is 0.289 e. The highest BCUT2D eigenvalue weighted by Crippen LogP contribution is 2.24. The molecule has 0 aliphatic rings. The number of benzene rings is 1. The van der Waals surface area contributed by atoms with Crippen LogP contribution in [0.2, 0.25) is 4.34 Å². The fourth-order valence-electron chi connectivity index (χ4n) is 2.38. The molecule has 1 amide bonds. The lowest BCUT2D eigenvalue weighted by Gasteiger charge is -2.05. The summed E-state index contributed by atoms with van der Waals surface area (Å²) >= 11 is 10.5. The molecular weight excluding hydrogens is 380 g/mol. The van der Waals surface area contributed by atoms with Gasteiger partial charge in [-0.3, -0.25) is 4.79 Å². The molecule has 0 aliphatic carbocycles. The van der Waals surface area contributed by atoms with E-state index in [4.69, 9.17) is 11.6 Å². The van der Waals surface area contributed by atoms with Gasteiger partial charge in [-0.05, 0) is 55.5 Å².